The van der Waals surface area contributed by atoms with Gasteiger partial charge in [0.15, 0.2) is 0 Å². The zero-order valence-corrected chi connectivity index (χ0v) is 9.54. The van der Waals surface area contributed by atoms with Crippen LogP contribution in [0.2, 0.25) is 0 Å². The molecular weight excluding hydrogens is 243 g/mol. The quantitative estimate of drug-likeness (QED) is 0.670. The van der Waals surface area contributed by atoms with Crippen molar-refractivity contribution in [2.75, 3.05) is 5.32 Å². The normalized spacial score (nSPS) is 10.2. The third-order valence-electron chi connectivity index (χ3n) is 2.20. The fourth-order valence-electron chi connectivity index (χ4n) is 1.44. The molecular formula is C11H9FN2O2S. The van der Waals surface area contributed by atoms with Gasteiger partial charge in [0.1, 0.15) is 5.69 Å². The van der Waals surface area contributed by atoms with Crippen LogP contribution in [-0.4, -0.2) is 4.92 Å². The van der Waals surface area contributed by atoms with Crippen molar-refractivity contribution >= 4 is 22.7 Å². The molecule has 0 unspecified atom stereocenters. The van der Waals surface area contributed by atoms with Gasteiger partial charge in [0.25, 0.3) is 0 Å². The van der Waals surface area contributed by atoms with E-state index in [9.17, 15) is 14.5 Å². The lowest BCUT2D eigenvalue weighted by atomic mass is 10.2. The van der Waals surface area contributed by atoms with Crippen LogP contribution < -0.4 is 5.32 Å². The Balaban J connectivity index is 2.21. The van der Waals surface area contributed by atoms with Crippen molar-refractivity contribution in [3.63, 3.8) is 0 Å². The molecule has 0 fully saturated rings. The summed E-state index contributed by atoms with van der Waals surface area (Å²) in [7, 11) is 0. The molecule has 0 aliphatic carbocycles. The first kappa shape index (κ1) is 11.5. The van der Waals surface area contributed by atoms with Crippen LogP contribution >= 0.6 is 11.3 Å². The van der Waals surface area contributed by atoms with E-state index in [-0.39, 0.29) is 5.69 Å². The molecule has 0 aliphatic heterocycles. The van der Waals surface area contributed by atoms with Gasteiger partial charge in [-0.25, -0.2) is 0 Å². The highest BCUT2D eigenvalue weighted by Crippen LogP contribution is 2.27. The summed E-state index contributed by atoms with van der Waals surface area (Å²) in [4.78, 5) is 11.0. The third kappa shape index (κ3) is 2.59. The zero-order chi connectivity index (χ0) is 12.3. The average Bonchev–Trinajstić information content (AvgIpc) is 2.78. The van der Waals surface area contributed by atoms with Gasteiger partial charge < -0.3 is 5.32 Å². The van der Waals surface area contributed by atoms with Gasteiger partial charge in [-0.3, -0.25) is 10.1 Å². The van der Waals surface area contributed by atoms with E-state index < -0.39 is 16.4 Å². The summed E-state index contributed by atoms with van der Waals surface area (Å²) in [6, 6.07) is 7.81. The van der Waals surface area contributed by atoms with Gasteiger partial charge in [0.2, 0.25) is 5.82 Å². The van der Waals surface area contributed by atoms with Crippen molar-refractivity contribution in [2.24, 2.45) is 0 Å². The molecule has 6 heteroatoms. The maximum atomic E-state index is 13.3. The van der Waals surface area contributed by atoms with Gasteiger partial charge in [-0.2, -0.15) is 4.39 Å². The molecule has 1 N–H and O–H groups in total. The number of thiophene rings is 1. The van der Waals surface area contributed by atoms with E-state index in [0.717, 1.165) is 10.9 Å². The molecule has 1 aromatic heterocycles. The lowest BCUT2D eigenvalue weighted by Gasteiger charge is -2.05. The molecule has 4 nitrogen and oxygen atoms in total. The largest absolute Gasteiger partial charge is 0.375 e. The van der Waals surface area contributed by atoms with Crippen LogP contribution in [0.4, 0.5) is 15.8 Å². The second kappa shape index (κ2) is 4.92. The van der Waals surface area contributed by atoms with Crippen molar-refractivity contribution in [1.29, 1.82) is 0 Å². The summed E-state index contributed by atoms with van der Waals surface area (Å²) in [5, 5.41) is 15.5. The second-order valence-corrected chi connectivity index (χ2v) is 4.36. The first-order chi connectivity index (χ1) is 8.18. The van der Waals surface area contributed by atoms with E-state index in [0.29, 0.717) is 6.54 Å². The Morgan fingerprint density at radius 3 is 2.82 bits per heavy atom. The van der Waals surface area contributed by atoms with E-state index in [1.807, 2.05) is 17.5 Å². The number of anilines is 1. The molecule has 0 saturated carbocycles. The molecule has 0 bridgehead atoms. The Bertz CT molecular complexity index is 528. The maximum Gasteiger partial charge on any atom is 0.327 e. The van der Waals surface area contributed by atoms with Crippen LogP contribution in [0.3, 0.4) is 0 Å². The van der Waals surface area contributed by atoms with E-state index in [1.165, 1.54) is 23.5 Å². The SMILES string of the molecule is O=[N+]([O-])c1c(F)cccc1NCc1cccs1. The minimum Gasteiger partial charge on any atom is -0.375 e. The molecule has 1 aromatic carbocycles. The molecule has 0 radical (unpaired) electrons. The van der Waals surface area contributed by atoms with E-state index in [1.54, 1.807) is 0 Å². The summed E-state index contributed by atoms with van der Waals surface area (Å²) in [6.45, 7) is 0.446. The van der Waals surface area contributed by atoms with Gasteiger partial charge in [0, 0.05) is 11.4 Å². The standard InChI is InChI=1S/C11H9FN2O2S/c12-9-4-1-5-10(11(9)14(15)16)13-7-8-3-2-6-17-8/h1-6,13H,7H2. The molecule has 17 heavy (non-hydrogen) atoms. The fourth-order valence-corrected chi connectivity index (χ4v) is 2.08. The van der Waals surface area contributed by atoms with Crippen molar-refractivity contribution < 1.29 is 9.31 Å². The number of halogens is 1. The second-order valence-electron chi connectivity index (χ2n) is 3.33. The number of para-hydroxylation sites is 1. The van der Waals surface area contributed by atoms with E-state index in [4.69, 9.17) is 0 Å². The topological polar surface area (TPSA) is 55.2 Å². The lowest BCUT2D eigenvalue weighted by molar-refractivity contribution is -0.386. The van der Waals surface area contributed by atoms with Crippen molar-refractivity contribution in [3.05, 3.63) is 56.5 Å². The third-order valence-corrected chi connectivity index (χ3v) is 3.08. The Morgan fingerprint density at radius 2 is 2.18 bits per heavy atom. The minimum absolute atomic E-state index is 0.198. The van der Waals surface area contributed by atoms with Crippen LogP contribution in [0.5, 0.6) is 0 Å². The first-order valence-electron chi connectivity index (χ1n) is 4.87. The van der Waals surface area contributed by atoms with Crippen molar-refractivity contribution in [1.82, 2.24) is 0 Å². The summed E-state index contributed by atoms with van der Waals surface area (Å²) < 4.78 is 13.3. The van der Waals surface area contributed by atoms with Gasteiger partial charge in [-0.05, 0) is 23.6 Å². The lowest BCUT2D eigenvalue weighted by Crippen LogP contribution is -2.03. The maximum absolute atomic E-state index is 13.3. The molecule has 2 aromatic rings. The molecule has 1 heterocycles. The smallest absolute Gasteiger partial charge is 0.327 e. The molecule has 2 rings (SSSR count). The van der Waals surface area contributed by atoms with Gasteiger partial charge >= 0.3 is 5.69 Å². The highest BCUT2D eigenvalue weighted by Gasteiger charge is 2.19. The Morgan fingerprint density at radius 1 is 1.35 bits per heavy atom. The Hall–Kier alpha value is -1.95. The summed E-state index contributed by atoms with van der Waals surface area (Å²) in [5.41, 5.74) is -0.313. The Labute approximate surface area is 101 Å². The molecule has 0 saturated heterocycles. The van der Waals surface area contributed by atoms with Crippen LogP contribution in [0.1, 0.15) is 4.88 Å². The predicted octanol–water partition coefficient (Wildman–Crippen LogP) is 3.41. The van der Waals surface area contributed by atoms with Gasteiger partial charge in [-0.1, -0.05) is 12.1 Å². The first-order valence-corrected chi connectivity index (χ1v) is 5.75. The highest BCUT2D eigenvalue weighted by atomic mass is 32.1. The van der Waals surface area contributed by atoms with Crippen molar-refractivity contribution in [3.8, 4) is 0 Å². The summed E-state index contributed by atoms with van der Waals surface area (Å²) in [5.74, 6) is -0.828. The minimum atomic E-state index is -0.828. The monoisotopic (exact) mass is 252 g/mol. The average molecular weight is 252 g/mol. The number of benzene rings is 1. The molecule has 88 valence electrons. The number of nitrogens with one attached hydrogen (secondary N) is 1. The fraction of sp³-hybridized carbons (Fsp3) is 0.0909. The van der Waals surface area contributed by atoms with Crippen LogP contribution in [0.25, 0.3) is 0 Å². The highest BCUT2D eigenvalue weighted by molar-refractivity contribution is 7.09. The summed E-state index contributed by atoms with van der Waals surface area (Å²) >= 11 is 1.53. The zero-order valence-electron chi connectivity index (χ0n) is 8.72. The van der Waals surface area contributed by atoms with Gasteiger partial charge in [0.05, 0.1) is 4.92 Å². The van der Waals surface area contributed by atoms with Crippen LogP contribution in [-0.2, 0) is 6.54 Å². The Kier molecular flexibility index (Phi) is 3.34. The number of nitrogens with zero attached hydrogens (tertiary/aromatic N) is 1. The number of nitro benzene ring substituents is 1. The number of hydrogen-bond acceptors (Lipinski definition) is 4. The molecule has 0 aliphatic rings. The number of rotatable bonds is 4. The number of hydrogen-bond donors (Lipinski definition) is 1. The van der Waals surface area contributed by atoms with E-state index >= 15 is 0 Å². The molecule has 0 amide bonds. The van der Waals surface area contributed by atoms with Gasteiger partial charge in [-0.15, -0.1) is 11.3 Å². The number of nitro groups is 1. The van der Waals surface area contributed by atoms with Crippen molar-refractivity contribution in [2.45, 2.75) is 6.54 Å². The van der Waals surface area contributed by atoms with E-state index in [2.05, 4.69) is 5.32 Å². The van der Waals surface area contributed by atoms with Crippen LogP contribution in [0.15, 0.2) is 35.7 Å². The molecule has 0 atom stereocenters. The predicted molar refractivity (Wildman–Crippen MR) is 64.7 cm³/mol. The molecule has 0 spiro atoms. The van der Waals surface area contributed by atoms with Crippen LogP contribution in [0, 0.1) is 15.9 Å². The summed E-state index contributed by atoms with van der Waals surface area (Å²) in [6.07, 6.45) is 0.